The lowest BCUT2D eigenvalue weighted by Gasteiger charge is -2.13. The predicted molar refractivity (Wildman–Crippen MR) is 72.1 cm³/mol. The minimum Gasteiger partial charge on any atom is -0.493 e. The highest BCUT2D eigenvalue weighted by Crippen LogP contribution is 2.32. The van der Waals surface area contributed by atoms with Gasteiger partial charge in [-0.1, -0.05) is 0 Å². The topological polar surface area (TPSA) is 53.7 Å². The third kappa shape index (κ3) is 6.33. The lowest BCUT2D eigenvalue weighted by atomic mass is 10.1. The Labute approximate surface area is 122 Å². The summed E-state index contributed by atoms with van der Waals surface area (Å²) >= 11 is 0. The number of hydrogen-bond donors (Lipinski definition) is 1. The molecule has 0 aliphatic carbocycles. The molecule has 1 aromatic carbocycles. The van der Waals surface area contributed by atoms with Gasteiger partial charge in [0.15, 0.2) is 0 Å². The van der Waals surface area contributed by atoms with Crippen LogP contribution >= 0.6 is 0 Å². The molecule has 0 radical (unpaired) electrons. The molecule has 1 aromatic rings. The summed E-state index contributed by atoms with van der Waals surface area (Å²) in [6.07, 6.45) is -3.74. The molecule has 0 heterocycles. The summed E-state index contributed by atoms with van der Waals surface area (Å²) in [5, 5.41) is 0. The van der Waals surface area contributed by atoms with Crippen molar-refractivity contribution in [3.05, 3.63) is 29.3 Å². The number of nitrogens with two attached hydrogens (primary N) is 1. The molecular formula is C14H20F3NO3. The Morgan fingerprint density at radius 3 is 2.48 bits per heavy atom. The first-order valence-electron chi connectivity index (χ1n) is 6.58. The second-order valence-corrected chi connectivity index (χ2v) is 4.33. The van der Waals surface area contributed by atoms with Gasteiger partial charge >= 0.3 is 6.18 Å². The van der Waals surface area contributed by atoms with E-state index < -0.39 is 11.7 Å². The van der Waals surface area contributed by atoms with Crippen LogP contribution in [0.15, 0.2) is 18.2 Å². The molecule has 0 bridgehead atoms. The Hall–Kier alpha value is -1.31. The van der Waals surface area contributed by atoms with E-state index in [-0.39, 0.29) is 6.54 Å². The molecule has 1 rings (SSSR count). The quantitative estimate of drug-likeness (QED) is 0.713. The van der Waals surface area contributed by atoms with Crippen molar-refractivity contribution < 1.29 is 27.4 Å². The fourth-order valence-corrected chi connectivity index (χ4v) is 1.64. The first-order chi connectivity index (χ1) is 9.99. The predicted octanol–water partition coefficient (Wildman–Crippen LogP) is 2.60. The Balaban J connectivity index is 2.44. The number of methoxy groups -OCH3 is 1. The maximum Gasteiger partial charge on any atom is 0.416 e. The van der Waals surface area contributed by atoms with Crippen LogP contribution in [0.25, 0.3) is 0 Å². The molecule has 0 spiro atoms. The average molecular weight is 307 g/mol. The van der Waals surface area contributed by atoms with Crippen LogP contribution in [-0.2, 0) is 22.2 Å². The molecule has 0 aliphatic rings. The number of hydrogen-bond acceptors (Lipinski definition) is 4. The molecule has 0 saturated carbocycles. The van der Waals surface area contributed by atoms with E-state index in [1.807, 2.05) is 0 Å². The van der Waals surface area contributed by atoms with Crippen LogP contribution in [0.1, 0.15) is 17.5 Å². The molecule has 0 aliphatic heterocycles. The number of benzene rings is 1. The van der Waals surface area contributed by atoms with Crippen molar-refractivity contribution in [2.24, 2.45) is 5.73 Å². The number of rotatable bonds is 9. The Morgan fingerprint density at radius 1 is 1.10 bits per heavy atom. The molecule has 2 N–H and O–H groups in total. The summed E-state index contributed by atoms with van der Waals surface area (Å²) in [5.41, 5.74) is 5.08. The Morgan fingerprint density at radius 2 is 1.86 bits per heavy atom. The van der Waals surface area contributed by atoms with Crippen molar-refractivity contribution in [2.75, 3.05) is 33.5 Å². The van der Waals surface area contributed by atoms with Crippen LogP contribution in [-0.4, -0.2) is 33.5 Å². The van der Waals surface area contributed by atoms with Gasteiger partial charge in [-0.15, -0.1) is 0 Å². The molecular weight excluding hydrogens is 287 g/mol. The number of halogens is 3. The fourth-order valence-electron chi connectivity index (χ4n) is 1.64. The molecule has 0 unspecified atom stereocenters. The van der Waals surface area contributed by atoms with E-state index in [2.05, 4.69) is 0 Å². The standard InChI is InChI=1S/C14H20F3NO3/c1-19-7-8-20-5-2-6-21-13-4-3-12(14(15,16)17)9-11(13)10-18/h3-4,9H,2,5-8,10,18H2,1H3. The average Bonchev–Trinajstić information content (AvgIpc) is 2.45. The summed E-state index contributed by atoms with van der Waals surface area (Å²) < 4.78 is 53.3. The molecule has 0 aromatic heterocycles. The van der Waals surface area contributed by atoms with Gasteiger partial charge < -0.3 is 19.9 Å². The van der Waals surface area contributed by atoms with E-state index >= 15 is 0 Å². The Bertz CT molecular complexity index is 424. The van der Waals surface area contributed by atoms with Gasteiger partial charge in [0, 0.05) is 32.2 Å². The van der Waals surface area contributed by atoms with Crippen LogP contribution in [0.5, 0.6) is 5.75 Å². The minimum absolute atomic E-state index is 0.0103. The second-order valence-electron chi connectivity index (χ2n) is 4.33. The molecule has 0 atom stereocenters. The summed E-state index contributed by atoms with van der Waals surface area (Å²) in [6, 6.07) is 3.31. The molecule has 0 fully saturated rings. The summed E-state index contributed by atoms with van der Waals surface area (Å²) in [7, 11) is 1.59. The smallest absolute Gasteiger partial charge is 0.416 e. The highest BCUT2D eigenvalue weighted by atomic mass is 19.4. The second kappa shape index (κ2) is 8.86. The van der Waals surface area contributed by atoms with Gasteiger partial charge in [0.25, 0.3) is 0 Å². The van der Waals surface area contributed by atoms with Crippen molar-refractivity contribution in [3.63, 3.8) is 0 Å². The van der Waals surface area contributed by atoms with Gasteiger partial charge in [-0.05, 0) is 18.2 Å². The lowest BCUT2D eigenvalue weighted by Crippen LogP contribution is -2.10. The van der Waals surface area contributed by atoms with E-state index in [0.29, 0.717) is 44.2 Å². The van der Waals surface area contributed by atoms with Crippen LogP contribution in [0.4, 0.5) is 13.2 Å². The highest BCUT2D eigenvalue weighted by Gasteiger charge is 2.30. The third-order valence-electron chi connectivity index (χ3n) is 2.73. The number of ether oxygens (including phenoxy) is 3. The molecule has 7 heteroatoms. The zero-order valence-corrected chi connectivity index (χ0v) is 11.9. The SMILES string of the molecule is COCCOCCCOc1ccc(C(F)(F)F)cc1CN. The highest BCUT2D eigenvalue weighted by molar-refractivity contribution is 5.38. The minimum atomic E-state index is -4.38. The zero-order chi connectivity index (χ0) is 15.7. The van der Waals surface area contributed by atoms with Crippen molar-refractivity contribution in [1.82, 2.24) is 0 Å². The third-order valence-corrected chi connectivity index (χ3v) is 2.73. The van der Waals surface area contributed by atoms with Gasteiger partial charge in [0.05, 0.1) is 25.4 Å². The van der Waals surface area contributed by atoms with Crippen LogP contribution in [0.3, 0.4) is 0 Å². The van der Waals surface area contributed by atoms with Gasteiger partial charge in [-0.3, -0.25) is 0 Å². The molecule has 0 saturated heterocycles. The van der Waals surface area contributed by atoms with E-state index in [9.17, 15) is 13.2 Å². The van der Waals surface area contributed by atoms with E-state index in [1.54, 1.807) is 7.11 Å². The lowest BCUT2D eigenvalue weighted by molar-refractivity contribution is -0.137. The maximum absolute atomic E-state index is 12.6. The van der Waals surface area contributed by atoms with Crippen LogP contribution < -0.4 is 10.5 Å². The van der Waals surface area contributed by atoms with Crippen molar-refractivity contribution in [3.8, 4) is 5.75 Å². The van der Waals surface area contributed by atoms with Crippen molar-refractivity contribution in [1.29, 1.82) is 0 Å². The van der Waals surface area contributed by atoms with Gasteiger partial charge in [0.2, 0.25) is 0 Å². The zero-order valence-electron chi connectivity index (χ0n) is 11.9. The largest absolute Gasteiger partial charge is 0.493 e. The fraction of sp³-hybridized carbons (Fsp3) is 0.571. The molecule has 4 nitrogen and oxygen atoms in total. The first-order valence-corrected chi connectivity index (χ1v) is 6.58. The van der Waals surface area contributed by atoms with Crippen LogP contribution in [0.2, 0.25) is 0 Å². The summed E-state index contributed by atoms with van der Waals surface area (Å²) in [5.74, 6) is 0.377. The van der Waals surface area contributed by atoms with Gasteiger partial charge in [-0.25, -0.2) is 0 Å². The normalized spacial score (nSPS) is 11.7. The van der Waals surface area contributed by atoms with Gasteiger partial charge in [0.1, 0.15) is 5.75 Å². The van der Waals surface area contributed by atoms with Crippen molar-refractivity contribution in [2.45, 2.75) is 19.1 Å². The molecule has 120 valence electrons. The maximum atomic E-state index is 12.6. The first kappa shape index (κ1) is 17.7. The van der Waals surface area contributed by atoms with E-state index in [4.69, 9.17) is 19.9 Å². The van der Waals surface area contributed by atoms with E-state index in [1.165, 1.54) is 6.07 Å². The van der Waals surface area contributed by atoms with Crippen molar-refractivity contribution >= 4 is 0 Å². The summed E-state index contributed by atoms with van der Waals surface area (Å²) in [4.78, 5) is 0. The molecule has 21 heavy (non-hydrogen) atoms. The monoisotopic (exact) mass is 307 g/mol. The molecule has 0 amide bonds. The van der Waals surface area contributed by atoms with Crippen LogP contribution in [0, 0.1) is 0 Å². The van der Waals surface area contributed by atoms with Gasteiger partial charge in [-0.2, -0.15) is 13.2 Å². The summed E-state index contributed by atoms with van der Waals surface area (Å²) in [6.45, 7) is 1.87. The Kier molecular flexibility index (Phi) is 7.49. The number of alkyl halides is 3. The van der Waals surface area contributed by atoms with E-state index in [0.717, 1.165) is 12.1 Å².